The molecule has 1 atom stereocenters. The number of rotatable bonds is 7. The molecule has 0 aromatic rings. The van der Waals surface area contributed by atoms with E-state index in [0.29, 0.717) is 5.41 Å². The van der Waals surface area contributed by atoms with Gasteiger partial charge in [-0.2, -0.15) is 0 Å². The van der Waals surface area contributed by atoms with Gasteiger partial charge in [0, 0.05) is 6.61 Å². The Balaban J connectivity index is 4.61. The lowest BCUT2D eigenvalue weighted by atomic mass is 9.74. The number of hydrogen-bond acceptors (Lipinski definition) is 1. The Labute approximate surface area is 108 Å². The molecule has 0 saturated heterocycles. The molecule has 0 rings (SSSR count). The highest BCUT2D eigenvalue weighted by atomic mass is 16.3. The Kier molecular flexibility index (Phi) is 6.47. The highest BCUT2D eigenvalue weighted by Crippen LogP contribution is 2.36. The quantitative estimate of drug-likeness (QED) is 0.633. The first-order chi connectivity index (χ1) is 7.67. The topological polar surface area (TPSA) is 20.2 Å². The van der Waals surface area contributed by atoms with E-state index in [1.54, 1.807) is 0 Å². The molecule has 0 bridgehead atoms. The van der Waals surface area contributed by atoms with Crippen LogP contribution in [0.1, 0.15) is 67.7 Å². The van der Waals surface area contributed by atoms with Crippen LogP contribution < -0.4 is 0 Å². The van der Waals surface area contributed by atoms with Gasteiger partial charge in [-0.25, -0.2) is 0 Å². The first kappa shape index (κ1) is 16.7. The summed E-state index contributed by atoms with van der Waals surface area (Å²) in [5, 5.41) is 9.08. The van der Waals surface area contributed by atoms with Crippen molar-refractivity contribution in [2.75, 3.05) is 6.61 Å². The summed E-state index contributed by atoms with van der Waals surface area (Å²) in [4.78, 5) is 0. The predicted octanol–water partition coefficient (Wildman–Crippen LogP) is 4.80. The number of hydrogen-bond donors (Lipinski definition) is 1. The van der Waals surface area contributed by atoms with E-state index in [-0.39, 0.29) is 12.0 Å². The van der Waals surface area contributed by atoms with Crippen LogP contribution in [-0.4, -0.2) is 11.7 Å². The Morgan fingerprint density at radius 1 is 1.24 bits per heavy atom. The monoisotopic (exact) mass is 240 g/mol. The molecule has 0 heterocycles. The molecular formula is C16H32O. The smallest absolute Gasteiger partial charge is 0.0439 e. The molecule has 0 fully saturated rings. The zero-order chi connectivity index (χ0) is 13.7. The fourth-order valence-electron chi connectivity index (χ4n) is 1.92. The molecule has 0 aliphatic rings. The SMILES string of the molecule is CCC(C)C(C)(C)C/C=C(\C)C(C)(C)CCO. The third kappa shape index (κ3) is 5.25. The molecule has 1 heteroatoms. The van der Waals surface area contributed by atoms with Crippen molar-refractivity contribution in [3.8, 4) is 0 Å². The Morgan fingerprint density at radius 2 is 1.76 bits per heavy atom. The number of allylic oxidation sites excluding steroid dienone is 2. The molecule has 102 valence electrons. The van der Waals surface area contributed by atoms with Crippen LogP contribution >= 0.6 is 0 Å². The van der Waals surface area contributed by atoms with Crippen molar-refractivity contribution in [1.82, 2.24) is 0 Å². The number of aliphatic hydroxyl groups is 1. The molecule has 0 aliphatic heterocycles. The summed E-state index contributed by atoms with van der Waals surface area (Å²) in [7, 11) is 0. The van der Waals surface area contributed by atoms with Gasteiger partial charge < -0.3 is 5.11 Å². The van der Waals surface area contributed by atoms with Gasteiger partial charge in [0.05, 0.1) is 0 Å². The van der Waals surface area contributed by atoms with Gasteiger partial charge in [-0.3, -0.25) is 0 Å². The van der Waals surface area contributed by atoms with Crippen LogP contribution in [0.3, 0.4) is 0 Å². The summed E-state index contributed by atoms with van der Waals surface area (Å²) in [6.45, 7) is 16.2. The van der Waals surface area contributed by atoms with E-state index in [0.717, 1.165) is 18.8 Å². The molecule has 0 saturated carbocycles. The van der Waals surface area contributed by atoms with E-state index < -0.39 is 0 Å². The minimum Gasteiger partial charge on any atom is -0.396 e. The summed E-state index contributed by atoms with van der Waals surface area (Å²) in [5.74, 6) is 0.743. The van der Waals surface area contributed by atoms with Crippen LogP contribution in [0.5, 0.6) is 0 Å². The fraction of sp³-hybridized carbons (Fsp3) is 0.875. The maximum Gasteiger partial charge on any atom is 0.0439 e. The molecule has 1 nitrogen and oxygen atoms in total. The van der Waals surface area contributed by atoms with Gasteiger partial charge in [-0.1, -0.05) is 59.6 Å². The summed E-state index contributed by atoms with van der Waals surface area (Å²) in [6.07, 6.45) is 5.59. The summed E-state index contributed by atoms with van der Waals surface area (Å²) >= 11 is 0. The lowest BCUT2D eigenvalue weighted by molar-refractivity contribution is 0.221. The summed E-state index contributed by atoms with van der Waals surface area (Å²) < 4.78 is 0. The van der Waals surface area contributed by atoms with Gasteiger partial charge in [0.15, 0.2) is 0 Å². The third-order valence-electron chi connectivity index (χ3n) is 4.69. The molecule has 0 aromatic heterocycles. The van der Waals surface area contributed by atoms with Crippen LogP contribution in [0.4, 0.5) is 0 Å². The van der Waals surface area contributed by atoms with Crippen LogP contribution in [0, 0.1) is 16.7 Å². The van der Waals surface area contributed by atoms with Crippen molar-refractivity contribution < 1.29 is 5.11 Å². The van der Waals surface area contributed by atoms with Gasteiger partial charge in [0.1, 0.15) is 0 Å². The molecule has 0 aromatic carbocycles. The summed E-state index contributed by atoms with van der Waals surface area (Å²) in [5.41, 5.74) is 1.90. The zero-order valence-corrected chi connectivity index (χ0v) is 12.9. The minimum absolute atomic E-state index is 0.125. The third-order valence-corrected chi connectivity index (χ3v) is 4.69. The van der Waals surface area contributed by atoms with Gasteiger partial charge in [0.25, 0.3) is 0 Å². The molecule has 1 unspecified atom stereocenters. The van der Waals surface area contributed by atoms with Crippen molar-refractivity contribution >= 4 is 0 Å². The highest BCUT2D eigenvalue weighted by Gasteiger charge is 2.25. The molecule has 1 N–H and O–H groups in total. The van der Waals surface area contributed by atoms with E-state index in [1.165, 1.54) is 12.0 Å². The molecule has 0 spiro atoms. The number of aliphatic hydroxyl groups excluding tert-OH is 1. The van der Waals surface area contributed by atoms with E-state index in [9.17, 15) is 0 Å². The summed E-state index contributed by atoms with van der Waals surface area (Å²) in [6, 6.07) is 0. The lowest BCUT2D eigenvalue weighted by Crippen LogP contribution is -2.21. The normalized spacial score (nSPS) is 16.1. The van der Waals surface area contributed by atoms with Gasteiger partial charge >= 0.3 is 0 Å². The van der Waals surface area contributed by atoms with Gasteiger partial charge in [-0.05, 0) is 36.5 Å². The van der Waals surface area contributed by atoms with Gasteiger partial charge in [-0.15, -0.1) is 0 Å². The molecule has 0 aliphatic carbocycles. The van der Waals surface area contributed by atoms with Crippen molar-refractivity contribution in [3.05, 3.63) is 11.6 Å². The molecule has 0 radical (unpaired) electrons. The van der Waals surface area contributed by atoms with Crippen molar-refractivity contribution in [1.29, 1.82) is 0 Å². The van der Waals surface area contributed by atoms with Crippen molar-refractivity contribution in [3.63, 3.8) is 0 Å². The second kappa shape index (κ2) is 6.58. The average molecular weight is 240 g/mol. The maximum atomic E-state index is 9.08. The first-order valence-corrected chi connectivity index (χ1v) is 6.95. The Bertz CT molecular complexity index is 248. The fourth-order valence-corrected chi connectivity index (χ4v) is 1.92. The van der Waals surface area contributed by atoms with Gasteiger partial charge in [0.2, 0.25) is 0 Å². The second-order valence-electron chi connectivity index (χ2n) is 6.75. The van der Waals surface area contributed by atoms with E-state index in [4.69, 9.17) is 5.11 Å². The van der Waals surface area contributed by atoms with Crippen LogP contribution in [-0.2, 0) is 0 Å². The Hall–Kier alpha value is -0.300. The van der Waals surface area contributed by atoms with Crippen LogP contribution in [0.15, 0.2) is 11.6 Å². The van der Waals surface area contributed by atoms with Crippen molar-refractivity contribution in [2.24, 2.45) is 16.7 Å². The van der Waals surface area contributed by atoms with E-state index >= 15 is 0 Å². The largest absolute Gasteiger partial charge is 0.396 e. The standard InChI is InChI=1S/C16H32O/c1-8-13(2)15(4,5)10-9-14(3)16(6,7)11-12-17/h9,13,17H,8,10-12H2,1-7H3/b14-9+. The lowest BCUT2D eigenvalue weighted by Gasteiger charge is -2.32. The minimum atomic E-state index is 0.125. The first-order valence-electron chi connectivity index (χ1n) is 6.95. The predicted molar refractivity (Wildman–Crippen MR) is 77.1 cm³/mol. The van der Waals surface area contributed by atoms with Crippen LogP contribution in [0.25, 0.3) is 0 Å². The van der Waals surface area contributed by atoms with E-state index in [1.807, 2.05) is 0 Å². The second-order valence-corrected chi connectivity index (χ2v) is 6.75. The zero-order valence-electron chi connectivity index (χ0n) is 12.9. The molecule has 17 heavy (non-hydrogen) atoms. The highest BCUT2D eigenvalue weighted by molar-refractivity contribution is 5.10. The molecule has 0 amide bonds. The van der Waals surface area contributed by atoms with E-state index in [2.05, 4.69) is 54.5 Å². The Morgan fingerprint density at radius 3 is 2.18 bits per heavy atom. The van der Waals surface area contributed by atoms with Crippen molar-refractivity contribution in [2.45, 2.75) is 67.7 Å². The molecular weight excluding hydrogens is 208 g/mol. The maximum absolute atomic E-state index is 9.08. The average Bonchev–Trinajstić information content (AvgIpc) is 2.24. The van der Waals surface area contributed by atoms with Crippen LogP contribution in [0.2, 0.25) is 0 Å².